The van der Waals surface area contributed by atoms with E-state index in [1.54, 1.807) is 12.1 Å². The Bertz CT molecular complexity index is 430. The summed E-state index contributed by atoms with van der Waals surface area (Å²) in [6.45, 7) is 2.26. The number of ether oxygens (including phenoxy) is 1. The van der Waals surface area contributed by atoms with E-state index >= 15 is 0 Å². The minimum atomic E-state index is -0.483. The maximum absolute atomic E-state index is 11.8. The van der Waals surface area contributed by atoms with Gasteiger partial charge in [-0.2, -0.15) is 0 Å². The summed E-state index contributed by atoms with van der Waals surface area (Å²) in [6.07, 6.45) is 0.523. The van der Waals surface area contributed by atoms with Crippen molar-refractivity contribution in [1.29, 1.82) is 0 Å². The lowest BCUT2D eigenvalue weighted by atomic mass is 10.1. The van der Waals surface area contributed by atoms with Crippen molar-refractivity contribution in [1.82, 2.24) is 0 Å². The normalized spacial score (nSPS) is 10.1. The Balaban J connectivity index is 2.69. The monoisotopic (exact) mass is 362 g/mol. The molecule has 0 aliphatic carbocycles. The third-order valence-corrected chi connectivity index (χ3v) is 3.19. The first-order chi connectivity index (χ1) is 8.04. The second kappa shape index (κ2) is 6.91. The maximum atomic E-state index is 11.8. The Hall–Kier alpha value is -0.680. The molecule has 0 radical (unpaired) electrons. The van der Waals surface area contributed by atoms with Gasteiger partial charge in [0.25, 0.3) is 0 Å². The van der Waals surface area contributed by atoms with Crippen LogP contribution in [0.1, 0.15) is 30.1 Å². The fraction of sp³-hybridized carbons (Fsp3) is 0.333. The Morgan fingerprint density at radius 2 is 2.00 bits per heavy atom. The zero-order valence-corrected chi connectivity index (χ0v) is 12.5. The van der Waals surface area contributed by atoms with Gasteiger partial charge in [0.1, 0.15) is 6.42 Å². The fourth-order valence-electron chi connectivity index (χ4n) is 1.20. The van der Waals surface area contributed by atoms with Crippen molar-refractivity contribution in [2.75, 3.05) is 6.61 Å². The third kappa shape index (κ3) is 4.60. The van der Waals surface area contributed by atoms with Crippen LogP contribution in [-0.4, -0.2) is 18.4 Å². The van der Waals surface area contributed by atoms with Gasteiger partial charge in [-0.05, 0) is 24.6 Å². The number of Topliss-reactive ketones (excluding diaryl/α,β-unsaturated/α-hetero) is 1. The van der Waals surface area contributed by atoms with Crippen LogP contribution in [0.5, 0.6) is 0 Å². The third-order valence-electron chi connectivity index (χ3n) is 2.00. The highest BCUT2D eigenvalue weighted by Gasteiger charge is 2.15. The molecule has 1 rings (SSSR count). The number of rotatable bonds is 5. The van der Waals surface area contributed by atoms with Crippen LogP contribution in [0.25, 0.3) is 0 Å². The van der Waals surface area contributed by atoms with Crippen molar-refractivity contribution in [3.63, 3.8) is 0 Å². The highest BCUT2D eigenvalue weighted by Crippen LogP contribution is 2.22. The van der Waals surface area contributed by atoms with E-state index in [2.05, 4.69) is 31.9 Å². The van der Waals surface area contributed by atoms with Crippen LogP contribution >= 0.6 is 31.9 Å². The lowest BCUT2D eigenvalue weighted by Crippen LogP contribution is -2.12. The van der Waals surface area contributed by atoms with E-state index in [1.807, 2.05) is 13.0 Å². The SMILES string of the molecule is CCCOC(=O)CC(=O)c1cc(Br)ccc1Br. The molecule has 0 aliphatic rings. The first-order valence-electron chi connectivity index (χ1n) is 5.18. The fourth-order valence-corrected chi connectivity index (χ4v) is 2.03. The van der Waals surface area contributed by atoms with Crippen molar-refractivity contribution >= 4 is 43.6 Å². The van der Waals surface area contributed by atoms with Crippen LogP contribution in [-0.2, 0) is 9.53 Å². The highest BCUT2D eigenvalue weighted by molar-refractivity contribution is 9.11. The minimum Gasteiger partial charge on any atom is -0.465 e. The van der Waals surface area contributed by atoms with E-state index in [0.29, 0.717) is 16.6 Å². The van der Waals surface area contributed by atoms with Crippen LogP contribution in [0.2, 0.25) is 0 Å². The molecule has 3 nitrogen and oxygen atoms in total. The second-order valence-corrected chi connectivity index (χ2v) is 5.21. The summed E-state index contributed by atoms with van der Waals surface area (Å²) >= 11 is 6.56. The van der Waals surface area contributed by atoms with Crippen LogP contribution in [0, 0.1) is 0 Å². The number of hydrogen-bond acceptors (Lipinski definition) is 3. The summed E-state index contributed by atoms with van der Waals surface area (Å²) < 4.78 is 6.34. The summed E-state index contributed by atoms with van der Waals surface area (Å²) in [6, 6.07) is 5.25. The van der Waals surface area contributed by atoms with Gasteiger partial charge in [-0.1, -0.05) is 38.8 Å². The largest absolute Gasteiger partial charge is 0.465 e. The molecule has 0 saturated heterocycles. The molecule has 0 heterocycles. The molecule has 0 fully saturated rings. The Kier molecular flexibility index (Phi) is 5.85. The molecule has 0 spiro atoms. The smallest absolute Gasteiger partial charge is 0.313 e. The summed E-state index contributed by atoms with van der Waals surface area (Å²) in [5.74, 6) is -0.733. The quantitative estimate of drug-likeness (QED) is 0.454. The molecule has 0 atom stereocenters. The first kappa shape index (κ1) is 14.4. The standard InChI is InChI=1S/C12H12Br2O3/c1-2-5-17-12(16)7-11(15)9-6-8(13)3-4-10(9)14/h3-4,6H,2,5,7H2,1H3. The molecule has 92 valence electrons. The molecule has 0 aromatic heterocycles. The van der Waals surface area contributed by atoms with E-state index in [-0.39, 0.29) is 12.2 Å². The van der Waals surface area contributed by atoms with E-state index < -0.39 is 5.97 Å². The average Bonchev–Trinajstić information content (AvgIpc) is 2.29. The number of halogens is 2. The minimum absolute atomic E-state index is 0.227. The topological polar surface area (TPSA) is 43.4 Å². The summed E-state index contributed by atoms with van der Waals surface area (Å²) in [7, 11) is 0. The lowest BCUT2D eigenvalue weighted by Gasteiger charge is -2.05. The molecule has 1 aromatic rings. The number of ketones is 1. The van der Waals surface area contributed by atoms with Crippen LogP contribution in [0.4, 0.5) is 0 Å². The summed E-state index contributed by atoms with van der Waals surface area (Å²) in [5.41, 5.74) is 0.479. The number of carbonyl (C=O) groups is 2. The molecule has 0 aliphatic heterocycles. The maximum Gasteiger partial charge on any atom is 0.313 e. The Labute approximate surface area is 117 Å². The number of esters is 1. The molecular weight excluding hydrogens is 352 g/mol. The van der Waals surface area contributed by atoms with Crippen LogP contribution in [0.3, 0.4) is 0 Å². The van der Waals surface area contributed by atoms with E-state index in [9.17, 15) is 9.59 Å². The van der Waals surface area contributed by atoms with E-state index in [4.69, 9.17) is 4.74 Å². The zero-order valence-electron chi connectivity index (χ0n) is 9.33. The van der Waals surface area contributed by atoms with Gasteiger partial charge in [-0.15, -0.1) is 0 Å². The molecule has 1 aromatic carbocycles. The second-order valence-electron chi connectivity index (χ2n) is 3.44. The predicted octanol–water partition coefficient (Wildman–Crippen LogP) is 3.74. The van der Waals surface area contributed by atoms with Crippen molar-refractivity contribution in [3.8, 4) is 0 Å². The molecule has 0 unspecified atom stereocenters. The summed E-state index contributed by atoms with van der Waals surface area (Å²) in [5, 5.41) is 0. The van der Waals surface area contributed by atoms with Gasteiger partial charge >= 0.3 is 5.97 Å². The zero-order chi connectivity index (χ0) is 12.8. The molecule has 5 heteroatoms. The summed E-state index contributed by atoms with van der Waals surface area (Å²) in [4.78, 5) is 23.2. The number of carbonyl (C=O) groups excluding carboxylic acids is 2. The van der Waals surface area contributed by atoms with Gasteiger partial charge in [-0.25, -0.2) is 0 Å². The Morgan fingerprint density at radius 1 is 1.29 bits per heavy atom. The van der Waals surface area contributed by atoms with Crippen molar-refractivity contribution < 1.29 is 14.3 Å². The molecule has 0 N–H and O–H groups in total. The molecule has 0 saturated carbocycles. The predicted molar refractivity (Wildman–Crippen MR) is 72.0 cm³/mol. The number of hydrogen-bond donors (Lipinski definition) is 0. The molecular formula is C12H12Br2O3. The van der Waals surface area contributed by atoms with Crippen molar-refractivity contribution in [3.05, 3.63) is 32.7 Å². The van der Waals surface area contributed by atoms with Gasteiger partial charge in [0.15, 0.2) is 5.78 Å². The van der Waals surface area contributed by atoms with Crippen molar-refractivity contribution in [2.45, 2.75) is 19.8 Å². The van der Waals surface area contributed by atoms with Gasteiger partial charge in [0.2, 0.25) is 0 Å². The molecule has 0 amide bonds. The number of benzene rings is 1. The van der Waals surface area contributed by atoms with Gasteiger partial charge in [0, 0.05) is 14.5 Å². The van der Waals surface area contributed by atoms with Crippen LogP contribution in [0.15, 0.2) is 27.1 Å². The Morgan fingerprint density at radius 3 is 2.65 bits per heavy atom. The first-order valence-corrected chi connectivity index (χ1v) is 6.77. The molecule has 17 heavy (non-hydrogen) atoms. The average molecular weight is 364 g/mol. The van der Waals surface area contributed by atoms with Crippen molar-refractivity contribution in [2.24, 2.45) is 0 Å². The molecule has 0 bridgehead atoms. The van der Waals surface area contributed by atoms with Gasteiger partial charge < -0.3 is 4.74 Å². The van der Waals surface area contributed by atoms with E-state index in [0.717, 1.165) is 10.9 Å². The van der Waals surface area contributed by atoms with Gasteiger partial charge in [0.05, 0.1) is 6.61 Å². The lowest BCUT2D eigenvalue weighted by molar-refractivity contribution is -0.142. The van der Waals surface area contributed by atoms with Gasteiger partial charge in [-0.3, -0.25) is 9.59 Å². The highest BCUT2D eigenvalue weighted by atomic mass is 79.9. The van der Waals surface area contributed by atoms with Crippen LogP contribution < -0.4 is 0 Å². The van der Waals surface area contributed by atoms with E-state index in [1.165, 1.54) is 0 Å².